The number of guanidine groups is 1. The molecule has 1 atom stereocenters. The molecule has 0 aliphatic rings. The first-order valence-electron chi connectivity index (χ1n) is 13.1. The minimum Gasteiger partial charge on any atom is -0.370 e. The number of amides is 4. The Kier molecular flexibility index (Phi) is 11.7. The molecule has 0 fully saturated rings. The number of nitrogens with zero attached hydrogens (tertiary/aromatic N) is 1. The molecule has 40 heavy (non-hydrogen) atoms. The molecule has 0 bridgehead atoms. The van der Waals surface area contributed by atoms with Crippen LogP contribution in [0.3, 0.4) is 0 Å². The van der Waals surface area contributed by atoms with E-state index in [9.17, 15) is 14.4 Å². The van der Waals surface area contributed by atoms with Gasteiger partial charge in [0.2, 0.25) is 11.8 Å². The fraction of sp³-hybridized carbons (Fsp3) is 0.267. The second-order valence-corrected chi connectivity index (χ2v) is 9.24. The van der Waals surface area contributed by atoms with Crippen LogP contribution in [-0.2, 0) is 22.7 Å². The van der Waals surface area contributed by atoms with E-state index in [1.807, 2.05) is 84.9 Å². The summed E-state index contributed by atoms with van der Waals surface area (Å²) < 4.78 is 0. The SMILES string of the molecule is CNC(=O)NCc1ccc(CN[C@@H](CCCN=C(N)N)C(=O)NC(=O)C(c2ccccc2)c2ccccc2)cc1. The smallest absolute Gasteiger partial charge is 0.314 e. The lowest BCUT2D eigenvalue weighted by atomic mass is 9.90. The number of carbonyl (C=O) groups excluding carboxylic acids is 3. The van der Waals surface area contributed by atoms with Gasteiger partial charge in [-0.2, -0.15) is 0 Å². The van der Waals surface area contributed by atoms with Gasteiger partial charge in [0.1, 0.15) is 0 Å². The first-order valence-corrected chi connectivity index (χ1v) is 13.1. The molecule has 0 saturated carbocycles. The third-order valence-corrected chi connectivity index (χ3v) is 6.29. The normalized spacial score (nSPS) is 11.3. The van der Waals surface area contributed by atoms with Gasteiger partial charge in [0, 0.05) is 26.7 Å². The molecule has 4 amide bonds. The van der Waals surface area contributed by atoms with Crippen LogP contribution in [0.5, 0.6) is 0 Å². The molecule has 0 unspecified atom stereocenters. The van der Waals surface area contributed by atoms with E-state index in [4.69, 9.17) is 11.5 Å². The molecule has 8 N–H and O–H groups in total. The summed E-state index contributed by atoms with van der Waals surface area (Å²) in [5.41, 5.74) is 14.3. The van der Waals surface area contributed by atoms with Crippen molar-refractivity contribution < 1.29 is 14.4 Å². The van der Waals surface area contributed by atoms with Gasteiger partial charge in [-0.3, -0.25) is 19.9 Å². The Labute approximate surface area is 234 Å². The fourth-order valence-electron chi connectivity index (χ4n) is 4.18. The van der Waals surface area contributed by atoms with Crippen molar-refractivity contribution in [2.75, 3.05) is 13.6 Å². The Morgan fingerprint density at radius 3 is 1.85 bits per heavy atom. The summed E-state index contributed by atoms with van der Waals surface area (Å²) in [4.78, 5) is 42.3. The van der Waals surface area contributed by atoms with Crippen molar-refractivity contribution >= 4 is 23.8 Å². The molecule has 0 aromatic heterocycles. The van der Waals surface area contributed by atoms with E-state index in [1.165, 1.54) is 0 Å². The Balaban J connectivity index is 1.69. The van der Waals surface area contributed by atoms with E-state index < -0.39 is 23.8 Å². The molecule has 0 saturated heterocycles. The van der Waals surface area contributed by atoms with Crippen LogP contribution in [0.15, 0.2) is 89.9 Å². The average Bonchev–Trinajstić information content (AvgIpc) is 2.97. The summed E-state index contributed by atoms with van der Waals surface area (Å²) in [5.74, 6) is -1.46. The molecule has 3 aromatic rings. The highest BCUT2D eigenvalue weighted by atomic mass is 16.2. The molecule has 10 heteroatoms. The minimum atomic E-state index is -0.653. The maximum absolute atomic E-state index is 13.5. The highest BCUT2D eigenvalue weighted by Crippen LogP contribution is 2.24. The Hall–Kier alpha value is -4.70. The van der Waals surface area contributed by atoms with E-state index in [2.05, 4.69) is 26.3 Å². The monoisotopic (exact) mass is 543 g/mol. The van der Waals surface area contributed by atoms with Crippen molar-refractivity contribution in [3.63, 3.8) is 0 Å². The van der Waals surface area contributed by atoms with Crippen molar-refractivity contribution in [3.05, 3.63) is 107 Å². The second-order valence-electron chi connectivity index (χ2n) is 9.24. The zero-order valence-corrected chi connectivity index (χ0v) is 22.6. The molecule has 3 aromatic carbocycles. The van der Waals surface area contributed by atoms with E-state index in [0.717, 1.165) is 22.3 Å². The van der Waals surface area contributed by atoms with E-state index in [1.54, 1.807) is 7.05 Å². The van der Waals surface area contributed by atoms with E-state index in [0.29, 0.717) is 32.5 Å². The summed E-state index contributed by atoms with van der Waals surface area (Å²) in [6, 6.07) is 25.5. The third-order valence-electron chi connectivity index (χ3n) is 6.29. The molecular formula is C30H37N7O3. The topological polar surface area (TPSA) is 164 Å². The number of hydrogen-bond donors (Lipinski definition) is 6. The van der Waals surface area contributed by atoms with Gasteiger partial charge in [0.25, 0.3) is 0 Å². The van der Waals surface area contributed by atoms with Gasteiger partial charge in [-0.05, 0) is 35.1 Å². The molecular weight excluding hydrogens is 506 g/mol. The number of urea groups is 1. The summed E-state index contributed by atoms with van der Waals surface area (Å²) in [7, 11) is 1.56. The number of carbonyl (C=O) groups is 3. The standard InChI is InChI=1S/C30H37N7O3/c1-33-30(40)36-20-22-16-14-21(15-17-22)19-35-25(13-8-18-34-29(31)32)27(38)37-28(39)26(23-9-4-2-5-10-23)24-11-6-3-7-12-24/h2-7,9-12,14-17,25-26,35H,8,13,18-20H2,1H3,(H4,31,32,34)(H2,33,36,40)(H,37,38,39)/t25-/m0/s1. The lowest BCUT2D eigenvalue weighted by molar-refractivity contribution is -0.132. The Morgan fingerprint density at radius 1 is 0.775 bits per heavy atom. The number of rotatable bonds is 13. The van der Waals surface area contributed by atoms with Gasteiger partial charge in [-0.25, -0.2) is 4.79 Å². The summed E-state index contributed by atoms with van der Waals surface area (Å²) in [6.07, 6.45) is 0.966. The van der Waals surface area contributed by atoms with Gasteiger partial charge in [-0.1, -0.05) is 84.9 Å². The number of hydrogen-bond acceptors (Lipinski definition) is 5. The zero-order chi connectivity index (χ0) is 28.7. The van der Waals surface area contributed by atoms with Crippen molar-refractivity contribution in [2.24, 2.45) is 16.5 Å². The summed E-state index contributed by atoms with van der Waals surface area (Å²) in [6.45, 7) is 1.17. The highest BCUT2D eigenvalue weighted by molar-refractivity contribution is 6.01. The molecule has 0 aliphatic carbocycles. The molecule has 210 valence electrons. The third kappa shape index (κ3) is 9.55. The predicted octanol–water partition coefficient (Wildman–Crippen LogP) is 2.10. The van der Waals surface area contributed by atoms with Gasteiger partial charge >= 0.3 is 6.03 Å². The summed E-state index contributed by atoms with van der Waals surface area (Å²) >= 11 is 0. The average molecular weight is 544 g/mol. The summed E-state index contributed by atoms with van der Waals surface area (Å²) in [5, 5.41) is 11.2. The Morgan fingerprint density at radius 2 is 1.32 bits per heavy atom. The number of aliphatic imine (C=N–C) groups is 1. The largest absolute Gasteiger partial charge is 0.370 e. The molecule has 10 nitrogen and oxygen atoms in total. The van der Waals surface area contributed by atoms with Gasteiger partial charge < -0.3 is 27.4 Å². The quantitative estimate of drug-likeness (QED) is 0.110. The highest BCUT2D eigenvalue weighted by Gasteiger charge is 2.27. The van der Waals surface area contributed by atoms with Gasteiger partial charge in [0.15, 0.2) is 5.96 Å². The molecule has 0 aliphatic heterocycles. The number of benzene rings is 3. The maximum Gasteiger partial charge on any atom is 0.314 e. The number of nitrogens with one attached hydrogen (secondary N) is 4. The van der Waals surface area contributed by atoms with Crippen molar-refractivity contribution in [2.45, 2.75) is 37.9 Å². The molecule has 0 radical (unpaired) electrons. The van der Waals surface area contributed by atoms with Crippen LogP contribution in [0.2, 0.25) is 0 Å². The van der Waals surface area contributed by atoms with Crippen LogP contribution < -0.4 is 32.7 Å². The van der Waals surface area contributed by atoms with E-state index in [-0.39, 0.29) is 12.0 Å². The fourth-order valence-corrected chi connectivity index (χ4v) is 4.18. The number of imide groups is 1. The molecule has 0 spiro atoms. The predicted molar refractivity (Wildman–Crippen MR) is 156 cm³/mol. The van der Waals surface area contributed by atoms with Crippen LogP contribution in [-0.4, -0.2) is 43.4 Å². The van der Waals surface area contributed by atoms with E-state index >= 15 is 0 Å². The lowest BCUT2D eigenvalue weighted by Crippen LogP contribution is -2.47. The van der Waals surface area contributed by atoms with Crippen LogP contribution >= 0.6 is 0 Å². The van der Waals surface area contributed by atoms with Crippen LogP contribution in [0.1, 0.15) is 41.0 Å². The molecule has 0 heterocycles. The van der Waals surface area contributed by atoms with Crippen molar-refractivity contribution in [1.82, 2.24) is 21.3 Å². The first-order chi connectivity index (χ1) is 19.4. The molecule has 3 rings (SSSR count). The van der Waals surface area contributed by atoms with Gasteiger partial charge in [-0.15, -0.1) is 0 Å². The van der Waals surface area contributed by atoms with Crippen molar-refractivity contribution in [3.8, 4) is 0 Å². The van der Waals surface area contributed by atoms with Crippen LogP contribution in [0.4, 0.5) is 4.79 Å². The van der Waals surface area contributed by atoms with Gasteiger partial charge in [0.05, 0.1) is 12.0 Å². The zero-order valence-electron chi connectivity index (χ0n) is 22.6. The number of nitrogens with two attached hydrogens (primary N) is 2. The first kappa shape index (κ1) is 29.9. The van der Waals surface area contributed by atoms with Crippen molar-refractivity contribution in [1.29, 1.82) is 0 Å². The second kappa shape index (κ2) is 15.6. The minimum absolute atomic E-state index is 0.0105. The van der Waals surface area contributed by atoms with Crippen LogP contribution in [0, 0.1) is 0 Å². The lowest BCUT2D eigenvalue weighted by Gasteiger charge is -2.21. The maximum atomic E-state index is 13.5. The Bertz CT molecular complexity index is 1220. The van der Waals surface area contributed by atoms with Crippen LogP contribution in [0.25, 0.3) is 0 Å².